The highest BCUT2D eigenvalue weighted by Crippen LogP contribution is 2.41. The molecule has 2 saturated heterocycles. The third-order valence-electron chi connectivity index (χ3n) is 4.05. The molecule has 1 aromatic rings. The molecule has 0 saturated carbocycles. The summed E-state index contributed by atoms with van der Waals surface area (Å²) in [6.45, 7) is 1.45. The van der Waals surface area contributed by atoms with Crippen LogP contribution in [0.15, 0.2) is 29.3 Å². The van der Waals surface area contributed by atoms with Crippen LogP contribution in [0.5, 0.6) is 0 Å². The summed E-state index contributed by atoms with van der Waals surface area (Å²) in [6, 6.07) is 8.23. The molecule has 2 atom stereocenters. The molecule has 7 nitrogen and oxygen atoms in total. The number of nitrogens with zero attached hydrogens (tertiary/aromatic N) is 3. The van der Waals surface area contributed by atoms with Crippen molar-refractivity contribution < 1.29 is 18.0 Å². The van der Waals surface area contributed by atoms with Crippen LogP contribution in [0.2, 0.25) is 0 Å². The Hall–Kier alpha value is -2.18. The van der Waals surface area contributed by atoms with Crippen LogP contribution in [0.3, 0.4) is 0 Å². The van der Waals surface area contributed by atoms with Crippen LogP contribution in [0.4, 0.5) is 5.69 Å². The predicted octanol–water partition coefficient (Wildman–Crippen LogP) is 1.40. The summed E-state index contributed by atoms with van der Waals surface area (Å²) in [5.74, 6) is -0.680. The van der Waals surface area contributed by atoms with Crippen LogP contribution >= 0.6 is 11.8 Å². The molecular formula is C16H15N3O4S2. The number of amides is 1. The molecule has 0 aromatic heterocycles. The molecule has 0 N–H and O–H groups in total. The van der Waals surface area contributed by atoms with Gasteiger partial charge >= 0.3 is 0 Å². The van der Waals surface area contributed by atoms with Gasteiger partial charge in [-0.25, -0.2) is 8.42 Å². The van der Waals surface area contributed by atoms with Crippen molar-refractivity contribution in [2.45, 2.75) is 24.6 Å². The largest absolute Gasteiger partial charge is 0.316 e. The molecule has 130 valence electrons. The molecule has 0 aliphatic carbocycles. The van der Waals surface area contributed by atoms with Gasteiger partial charge in [0.15, 0.2) is 20.8 Å². The number of nitriles is 1. The number of sulfone groups is 1. The Balaban J connectivity index is 2.03. The summed E-state index contributed by atoms with van der Waals surface area (Å²) in [7, 11) is -3.16. The molecule has 0 unspecified atom stereocenters. The van der Waals surface area contributed by atoms with Gasteiger partial charge < -0.3 is 4.90 Å². The van der Waals surface area contributed by atoms with Gasteiger partial charge in [-0.3, -0.25) is 9.59 Å². The monoisotopic (exact) mass is 377 g/mol. The number of rotatable bonds is 3. The lowest BCUT2D eigenvalue weighted by Crippen LogP contribution is -2.37. The molecule has 2 heterocycles. The second-order valence-corrected chi connectivity index (χ2v) is 9.26. The number of amidine groups is 1. The number of carbonyl (C=O) groups is 2. The van der Waals surface area contributed by atoms with Crippen LogP contribution < -0.4 is 4.90 Å². The van der Waals surface area contributed by atoms with Gasteiger partial charge in [-0.15, -0.1) is 0 Å². The van der Waals surface area contributed by atoms with Crippen molar-refractivity contribution in [1.82, 2.24) is 0 Å². The minimum atomic E-state index is -3.16. The number of ketones is 1. The number of thioether (sulfide) groups is 1. The second kappa shape index (κ2) is 6.61. The number of benzene rings is 1. The van der Waals surface area contributed by atoms with E-state index >= 15 is 0 Å². The van der Waals surface area contributed by atoms with E-state index in [1.54, 1.807) is 35.2 Å². The Morgan fingerprint density at radius 1 is 1.40 bits per heavy atom. The Bertz CT molecular complexity index is 918. The van der Waals surface area contributed by atoms with Crippen LogP contribution in [0.1, 0.15) is 23.7 Å². The standard InChI is InChI=1S/C16H15N3O4S2/c1-10(20)11-3-2-4-12(7-11)19-13-8-25(22,23)9-14(13)24-16(19)18-15(21)5-6-17/h2-4,7,13-14H,5,8-9H2,1H3/t13-,14-/m1/s1. The number of fused-ring (bicyclic) bond motifs is 1. The Morgan fingerprint density at radius 2 is 2.16 bits per heavy atom. The number of hydrogen-bond acceptors (Lipinski definition) is 6. The Kier molecular flexibility index (Phi) is 4.67. The quantitative estimate of drug-likeness (QED) is 0.733. The van der Waals surface area contributed by atoms with Crippen molar-refractivity contribution in [1.29, 1.82) is 5.26 Å². The summed E-state index contributed by atoms with van der Waals surface area (Å²) in [6.07, 6.45) is -0.334. The minimum Gasteiger partial charge on any atom is -0.316 e. The van der Waals surface area contributed by atoms with Gasteiger partial charge in [0, 0.05) is 16.5 Å². The number of anilines is 1. The third-order valence-corrected chi connectivity index (χ3v) is 7.26. The molecule has 2 fully saturated rings. The first-order valence-corrected chi connectivity index (χ1v) is 10.3. The van der Waals surface area contributed by atoms with Crippen molar-refractivity contribution in [3.63, 3.8) is 0 Å². The lowest BCUT2D eigenvalue weighted by molar-refractivity contribution is -0.116. The fraction of sp³-hybridized carbons (Fsp3) is 0.375. The van der Waals surface area contributed by atoms with E-state index in [2.05, 4.69) is 4.99 Å². The summed E-state index contributed by atoms with van der Waals surface area (Å²) < 4.78 is 24.0. The lowest BCUT2D eigenvalue weighted by atomic mass is 10.1. The Labute approximate surface area is 149 Å². The van der Waals surface area contributed by atoms with E-state index in [0.717, 1.165) is 0 Å². The van der Waals surface area contributed by atoms with E-state index in [0.29, 0.717) is 16.4 Å². The van der Waals surface area contributed by atoms with Crippen molar-refractivity contribution in [3.05, 3.63) is 29.8 Å². The highest BCUT2D eigenvalue weighted by atomic mass is 32.2. The van der Waals surface area contributed by atoms with Gasteiger partial charge in [-0.1, -0.05) is 23.9 Å². The molecule has 0 bridgehead atoms. The maximum atomic E-state index is 12.0. The Morgan fingerprint density at radius 3 is 2.84 bits per heavy atom. The molecule has 1 aromatic carbocycles. The maximum absolute atomic E-state index is 12.0. The SMILES string of the molecule is CC(=O)c1cccc(N2C(=NC(=O)CC#N)S[C@@H]3CS(=O)(=O)C[C@H]32)c1. The van der Waals surface area contributed by atoms with E-state index in [1.165, 1.54) is 18.7 Å². The first-order valence-electron chi connectivity index (χ1n) is 7.56. The molecule has 0 radical (unpaired) electrons. The fourth-order valence-electron chi connectivity index (χ4n) is 2.96. The highest BCUT2D eigenvalue weighted by Gasteiger charge is 2.49. The van der Waals surface area contributed by atoms with E-state index in [9.17, 15) is 18.0 Å². The predicted molar refractivity (Wildman–Crippen MR) is 95.4 cm³/mol. The molecule has 25 heavy (non-hydrogen) atoms. The normalized spacial score (nSPS) is 25.6. The molecular weight excluding hydrogens is 362 g/mol. The van der Waals surface area contributed by atoms with Gasteiger partial charge in [0.05, 0.1) is 23.6 Å². The molecule has 2 aliphatic heterocycles. The molecule has 3 rings (SSSR count). The fourth-order valence-corrected chi connectivity index (χ4v) is 6.89. The zero-order chi connectivity index (χ0) is 18.2. The minimum absolute atomic E-state index is 0.0245. The lowest BCUT2D eigenvalue weighted by Gasteiger charge is -2.24. The summed E-state index contributed by atoms with van der Waals surface area (Å²) in [4.78, 5) is 29.1. The van der Waals surface area contributed by atoms with E-state index in [1.807, 2.05) is 0 Å². The van der Waals surface area contributed by atoms with Gasteiger partial charge in [-0.05, 0) is 19.1 Å². The van der Waals surface area contributed by atoms with Crippen LogP contribution in [-0.2, 0) is 14.6 Å². The zero-order valence-electron chi connectivity index (χ0n) is 13.4. The molecule has 1 amide bonds. The molecule has 0 spiro atoms. The van der Waals surface area contributed by atoms with E-state index in [-0.39, 0.29) is 35.0 Å². The van der Waals surface area contributed by atoms with Crippen LogP contribution in [0.25, 0.3) is 0 Å². The molecule has 2 aliphatic rings. The first kappa shape index (κ1) is 17.6. The van der Waals surface area contributed by atoms with Crippen molar-refractivity contribution in [2.24, 2.45) is 4.99 Å². The number of Topliss-reactive ketones (excluding diaryl/α,β-unsaturated/α-hetero) is 1. The topological polar surface area (TPSA) is 108 Å². The van der Waals surface area contributed by atoms with Crippen LogP contribution in [-0.4, -0.2) is 48.1 Å². The smallest absolute Gasteiger partial charge is 0.262 e. The summed E-state index contributed by atoms with van der Waals surface area (Å²) in [5.41, 5.74) is 1.11. The summed E-state index contributed by atoms with van der Waals surface area (Å²) >= 11 is 1.24. The number of carbonyl (C=O) groups excluding carboxylic acids is 2. The highest BCUT2D eigenvalue weighted by molar-refractivity contribution is 8.16. The maximum Gasteiger partial charge on any atom is 0.262 e. The average Bonchev–Trinajstić information content (AvgIpc) is 2.98. The first-order chi connectivity index (χ1) is 11.8. The van der Waals surface area contributed by atoms with Crippen LogP contribution in [0, 0.1) is 11.3 Å². The van der Waals surface area contributed by atoms with Gasteiger partial charge in [0.25, 0.3) is 5.91 Å². The third kappa shape index (κ3) is 3.60. The van der Waals surface area contributed by atoms with Crippen molar-refractivity contribution in [2.75, 3.05) is 16.4 Å². The zero-order valence-corrected chi connectivity index (χ0v) is 15.0. The van der Waals surface area contributed by atoms with E-state index in [4.69, 9.17) is 5.26 Å². The van der Waals surface area contributed by atoms with Gasteiger partial charge in [0.1, 0.15) is 6.42 Å². The van der Waals surface area contributed by atoms with Crippen molar-refractivity contribution >= 4 is 44.1 Å². The number of aliphatic imine (C=N–C) groups is 1. The second-order valence-electron chi connectivity index (χ2n) is 5.90. The van der Waals surface area contributed by atoms with Crippen molar-refractivity contribution in [3.8, 4) is 6.07 Å². The average molecular weight is 377 g/mol. The van der Waals surface area contributed by atoms with Gasteiger partial charge in [-0.2, -0.15) is 10.3 Å². The molecule has 9 heteroatoms. The number of hydrogen-bond donors (Lipinski definition) is 0. The van der Waals surface area contributed by atoms with E-state index < -0.39 is 15.7 Å². The summed E-state index contributed by atoms with van der Waals surface area (Å²) in [5, 5.41) is 8.80. The van der Waals surface area contributed by atoms with Gasteiger partial charge in [0.2, 0.25) is 0 Å².